The minimum atomic E-state index is -3.90. The Hall–Kier alpha value is -3.70. The van der Waals surface area contributed by atoms with Crippen LogP contribution >= 0.6 is 22.7 Å². The van der Waals surface area contributed by atoms with Crippen LogP contribution in [0.1, 0.15) is 90.2 Å². The number of allylic oxidation sites excluding steroid dienone is 2. The van der Waals surface area contributed by atoms with Gasteiger partial charge in [-0.25, -0.2) is 8.42 Å². The van der Waals surface area contributed by atoms with Gasteiger partial charge in [0.25, 0.3) is 10.0 Å². The Morgan fingerprint density at radius 3 is 2.41 bits per heavy atom. The highest BCUT2D eigenvalue weighted by Gasteiger charge is 2.58. The molecule has 0 spiro atoms. The summed E-state index contributed by atoms with van der Waals surface area (Å²) in [5.41, 5.74) is 3.75. The first-order valence-electron chi connectivity index (χ1n) is 18.9. The van der Waals surface area contributed by atoms with Crippen LogP contribution in [0.5, 0.6) is 0 Å². The minimum absolute atomic E-state index is 0.0430. The van der Waals surface area contributed by atoms with Gasteiger partial charge in [-0.05, 0) is 115 Å². The number of rotatable bonds is 10. The van der Waals surface area contributed by atoms with Crippen molar-refractivity contribution < 1.29 is 23.4 Å². The van der Waals surface area contributed by atoms with Crippen LogP contribution in [0, 0.1) is 5.41 Å². The first kappa shape index (κ1) is 38.6. The fourth-order valence-corrected chi connectivity index (χ4v) is 12.0. The van der Waals surface area contributed by atoms with Gasteiger partial charge < -0.3 is 10.2 Å². The molecule has 54 heavy (non-hydrogen) atoms. The van der Waals surface area contributed by atoms with Crippen molar-refractivity contribution in [3.63, 3.8) is 0 Å². The van der Waals surface area contributed by atoms with Gasteiger partial charge >= 0.3 is 0 Å². The Kier molecular flexibility index (Phi) is 11.6. The summed E-state index contributed by atoms with van der Waals surface area (Å²) in [6.45, 7) is 4.41. The fraction of sp³-hybridized carbons (Fsp3) is 0.356. The highest BCUT2D eigenvalue weighted by Crippen LogP contribution is 2.59. The van der Waals surface area contributed by atoms with Crippen LogP contribution in [0.4, 0.5) is 0 Å². The number of carbonyl (C=O) groups excluding carboxylic acids is 1. The van der Waals surface area contributed by atoms with Gasteiger partial charge in [-0.2, -0.15) is 4.31 Å². The summed E-state index contributed by atoms with van der Waals surface area (Å²) in [6, 6.07) is 31.0. The van der Waals surface area contributed by atoms with E-state index in [1.165, 1.54) is 21.2 Å². The van der Waals surface area contributed by atoms with Crippen LogP contribution < -0.4 is 0 Å². The van der Waals surface area contributed by atoms with Gasteiger partial charge in [-0.1, -0.05) is 97.4 Å². The first-order valence-corrected chi connectivity index (χ1v) is 22.1. The summed E-state index contributed by atoms with van der Waals surface area (Å²) in [6.07, 6.45) is 6.26. The maximum Gasteiger partial charge on any atom is 0.252 e. The number of sulfonamides is 1. The molecule has 9 heteroatoms. The molecule has 3 aliphatic carbocycles. The fourth-order valence-electron chi connectivity index (χ4n) is 8.70. The third-order valence-corrected chi connectivity index (χ3v) is 16.0. The topological polar surface area (TPSA) is 94.9 Å². The van der Waals surface area contributed by atoms with Crippen LogP contribution in [0.25, 0.3) is 11.1 Å². The summed E-state index contributed by atoms with van der Waals surface area (Å²) in [5, 5.41) is 28.0. The van der Waals surface area contributed by atoms with E-state index in [2.05, 4.69) is 19.9 Å². The van der Waals surface area contributed by atoms with Gasteiger partial charge in [0.2, 0.25) is 0 Å². The second kappa shape index (κ2) is 16.2. The number of benzene rings is 3. The van der Waals surface area contributed by atoms with Gasteiger partial charge in [-0.15, -0.1) is 22.7 Å². The third kappa shape index (κ3) is 7.85. The first-order chi connectivity index (χ1) is 26.0. The molecular weight excluding hydrogens is 731 g/mol. The highest BCUT2D eigenvalue weighted by atomic mass is 32.2. The summed E-state index contributed by atoms with van der Waals surface area (Å²) in [4.78, 5) is 16.1. The molecule has 4 atom stereocenters. The third-order valence-electron chi connectivity index (χ3n) is 11.9. The zero-order chi connectivity index (χ0) is 37.9. The Morgan fingerprint density at radius 2 is 1.65 bits per heavy atom. The lowest BCUT2D eigenvalue weighted by molar-refractivity contribution is -0.0722. The monoisotopic (exact) mass is 779 g/mol. The lowest BCUT2D eigenvalue weighted by Crippen LogP contribution is -2.54. The van der Waals surface area contributed by atoms with Crippen molar-refractivity contribution in [1.29, 1.82) is 0 Å². The number of nitrogens with zero attached hydrogens (tertiary/aromatic N) is 1. The molecule has 0 saturated heterocycles. The molecule has 3 aliphatic rings. The second-order valence-electron chi connectivity index (χ2n) is 15.3. The average molecular weight is 780 g/mol. The predicted octanol–water partition coefficient (Wildman–Crippen LogP) is 9.68. The number of hydrogen-bond donors (Lipinski definition) is 2. The molecule has 3 aromatic carbocycles. The van der Waals surface area contributed by atoms with E-state index in [9.17, 15) is 23.4 Å². The van der Waals surface area contributed by atoms with Crippen molar-refractivity contribution in [2.45, 2.75) is 87.0 Å². The highest BCUT2D eigenvalue weighted by molar-refractivity contribution is 7.91. The molecule has 0 amide bonds. The second-order valence-corrected chi connectivity index (χ2v) is 19.4. The standard InChI is InChI=1S/C45H49NO5S3/c1-32-11-8-24-44(2)41(22-25-45(44,49)31-46(26-23-36-14-9-27-52-36)54(50,51)42-17-10-28-53-42)38-21-19-33(29-35(47)20-18-32)30-40(38)43(48)39-16-7-6-15-37(39)34-12-4-3-5-13-34/h3-7,9-17,19,21,27-28,30,35,41,47,49H,8,18,20,22-26,29,31H2,1-2H3. The molecule has 1 fully saturated rings. The maximum atomic E-state index is 15.0. The van der Waals surface area contributed by atoms with E-state index in [4.69, 9.17) is 0 Å². The van der Waals surface area contributed by atoms with Crippen LogP contribution in [-0.2, 0) is 22.9 Å². The minimum Gasteiger partial charge on any atom is -0.393 e. The maximum absolute atomic E-state index is 15.0. The van der Waals surface area contributed by atoms with E-state index >= 15 is 0 Å². The molecule has 2 N–H and O–H groups in total. The number of ketones is 1. The van der Waals surface area contributed by atoms with E-state index in [-0.39, 0.29) is 29.0 Å². The van der Waals surface area contributed by atoms with E-state index < -0.39 is 27.1 Å². The molecular formula is C45H49NO5S3. The van der Waals surface area contributed by atoms with Gasteiger partial charge in [0.05, 0.1) is 11.7 Å². The number of hydrogen-bond acceptors (Lipinski definition) is 7. The zero-order valence-corrected chi connectivity index (χ0v) is 33.4. The normalized spacial score (nSPS) is 23.5. The Balaban J connectivity index is 1.33. The number of carbonyl (C=O) groups is 1. The average Bonchev–Trinajstić information content (AvgIpc) is 3.96. The largest absolute Gasteiger partial charge is 0.393 e. The number of fused-ring (bicyclic) bond motifs is 8. The Morgan fingerprint density at radius 1 is 0.889 bits per heavy atom. The van der Waals surface area contributed by atoms with E-state index in [0.29, 0.717) is 56.1 Å². The molecule has 2 bridgehead atoms. The van der Waals surface area contributed by atoms with Crippen LogP contribution in [-0.4, -0.2) is 53.5 Å². The van der Waals surface area contributed by atoms with Gasteiger partial charge in [-0.3, -0.25) is 4.79 Å². The Labute approximate surface area is 327 Å². The van der Waals surface area contributed by atoms with Crippen molar-refractivity contribution in [3.05, 3.63) is 147 Å². The molecule has 282 valence electrons. The van der Waals surface area contributed by atoms with Gasteiger partial charge in [0.15, 0.2) is 5.78 Å². The summed E-state index contributed by atoms with van der Waals surface area (Å²) >= 11 is 2.80. The van der Waals surface area contributed by atoms with E-state index in [0.717, 1.165) is 33.6 Å². The van der Waals surface area contributed by atoms with Crippen molar-refractivity contribution in [1.82, 2.24) is 4.31 Å². The molecule has 1 saturated carbocycles. The SMILES string of the molecule is CC1=CCCC2(C)C(CCC2(O)CN(CCc2cccs2)S(=O)(=O)c2cccs2)c2ccc(cc2C(=O)c2ccccc2-c2ccccc2)CC(O)CC1. The molecule has 5 aromatic rings. The summed E-state index contributed by atoms with van der Waals surface area (Å²) < 4.78 is 30.4. The van der Waals surface area contributed by atoms with Crippen molar-refractivity contribution in [2.75, 3.05) is 13.1 Å². The molecule has 6 nitrogen and oxygen atoms in total. The summed E-state index contributed by atoms with van der Waals surface area (Å²) in [5.74, 6) is -0.330. The van der Waals surface area contributed by atoms with Crippen LogP contribution in [0.3, 0.4) is 0 Å². The summed E-state index contributed by atoms with van der Waals surface area (Å²) in [7, 11) is -3.90. The number of aliphatic hydroxyl groups excluding tert-OH is 1. The molecule has 0 aliphatic heterocycles. The molecule has 2 heterocycles. The number of aliphatic hydroxyl groups is 2. The molecule has 4 unspecified atom stereocenters. The molecule has 0 radical (unpaired) electrons. The van der Waals surface area contributed by atoms with Crippen molar-refractivity contribution >= 4 is 38.5 Å². The lowest BCUT2D eigenvalue weighted by Gasteiger charge is -2.46. The smallest absolute Gasteiger partial charge is 0.252 e. The predicted molar refractivity (Wildman–Crippen MR) is 220 cm³/mol. The van der Waals surface area contributed by atoms with Gasteiger partial charge in [0.1, 0.15) is 4.21 Å². The van der Waals surface area contributed by atoms with E-state index in [1.54, 1.807) is 28.8 Å². The lowest BCUT2D eigenvalue weighted by atomic mass is 9.64. The van der Waals surface area contributed by atoms with E-state index in [1.807, 2.05) is 90.3 Å². The van der Waals surface area contributed by atoms with Crippen molar-refractivity contribution in [2.24, 2.45) is 5.41 Å². The van der Waals surface area contributed by atoms with Gasteiger partial charge in [0, 0.05) is 34.5 Å². The van der Waals surface area contributed by atoms with Crippen LogP contribution in [0.2, 0.25) is 0 Å². The quantitative estimate of drug-likeness (QED) is 0.109. The number of thiophene rings is 2. The van der Waals surface area contributed by atoms with Crippen molar-refractivity contribution in [3.8, 4) is 11.1 Å². The Bertz CT molecular complexity index is 2200. The molecule has 2 aromatic heterocycles. The van der Waals surface area contributed by atoms with Crippen LogP contribution in [0.15, 0.2) is 124 Å². The zero-order valence-electron chi connectivity index (χ0n) is 31.0. The molecule has 8 rings (SSSR count).